The van der Waals surface area contributed by atoms with Gasteiger partial charge in [-0.2, -0.15) is 0 Å². The molecule has 2 nitrogen and oxygen atoms in total. The van der Waals surface area contributed by atoms with Gasteiger partial charge in [-0.25, -0.2) is 0 Å². The first-order valence-corrected chi connectivity index (χ1v) is 5.72. The van der Waals surface area contributed by atoms with Crippen molar-refractivity contribution in [2.45, 2.75) is 19.3 Å². The fourth-order valence-corrected chi connectivity index (χ4v) is 1.15. The van der Waals surface area contributed by atoms with Crippen molar-refractivity contribution in [1.82, 2.24) is 5.32 Å². The average Bonchev–Trinajstić information content (AvgIpc) is 2.03. The molecule has 0 radical (unpaired) electrons. The van der Waals surface area contributed by atoms with Gasteiger partial charge in [0.2, 0.25) is 0 Å². The molecule has 0 bridgehead atoms. The molecule has 11 heavy (non-hydrogen) atoms. The largest absolute Gasteiger partial charge is 0.381 e. The molecule has 0 saturated carbocycles. The van der Waals surface area contributed by atoms with E-state index in [4.69, 9.17) is 4.74 Å². The molecule has 0 unspecified atom stereocenters. The molecule has 0 aromatic rings. The number of ether oxygens (including phenoxy) is 1. The Balaban J connectivity index is 2.69. The van der Waals surface area contributed by atoms with Crippen molar-refractivity contribution in [3.8, 4) is 0 Å². The summed E-state index contributed by atoms with van der Waals surface area (Å²) < 4.78 is 6.44. The molecule has 0 aliphatic rings. The van der Waals surface area contributed by atoms with E-state index >= 15 is 0 Å². The quantitative estimate of drug-likeness (QED) is 0.413. The molecule has 0 amide bonds. The molecule has 0 heterocycles. The van der Waals surface area contributed by atoms with Gasteiger partial charge in [-0.1, -0.05) is 22.6 Å². The van der Waals surface area contributed by atoms with Crippen molar-refractivity contribution in [2.75, 3.05) is 31.2 Å². The maximum Gasteiger partial charge on any atom is 0.0555 e. The predicted molar refractivity (Wildman–Crippen MR) is 57.5 cm³/mol. The van der Waals surface area contributed by atoms with Gasteiger partial charge in [0, 0.05) is 11.0 Å². The number of unbranched alkanes of at least 4 members (excludes halogenated alkanes) is 2. The Bertz CT molecular complexity index is 63.1. The van der Waals surface area contributed by atoms with Crippen LogP contribution >= 0.6 is 22.6 Å². The van der Waals surface area contributed by atoms with Crippen molar-refractivity contribution < 1.29 is 4.74 Å². The maximum absolute atomic E-state index is 5.34. The topological polar surface area (TPSA) is 21.3 Å². The fraction of sp³-hybridized carbons (Fsp3) is 1.00. The molecule has 0 fully saturated rings. The van der Waals surface area contributed by atoms with Gasteiger partial charge in [-0.15, -0.1) is 0 Å². The predicted octanol–water partition coefficient (Wildman–Crippen LogP) is 1.83. The van der Waals surface area contributed by atoms with E-state index in [-0.39, 0.29) is 0 Å². The van der Waals surface area contributed by atoms with Crippen LogP contribution in [-0.4, -0.2) is 31.2 Å². The molecule has 0 atom stereocenters. The number of nitrogens with one attached hydrogen (secondary N) is 1. The van der Waals surface area contributed by atoms with E-state index < -0.39 is 0 Å². The van der Waals surface area contributed by atoms with E-state index in [1.165, 1.54) is 19.3 Å². The minimum Gasteiger partial charge on any atom is -0.381 e. The second-order valence-corrected chi connectivity index (χ2v) is 3.54. The summed E-state index contributed by atoms with van der Waals surface area (Å²) in [5, 5.41) is 3.13. The minimum absolute atomic E-state index is 0.909. The summed E-state index contributed by atoms with van der Waals surface area (Å²) in [6, 6.07) is 0. The van der Waals surface area contributed by atoms with Gasteiger partial charge in [0.1, 0.15) is 0 Å². The summed E-state index contributed by atoms with van der Waals surface area (Å²) >= 11 is 2.33. The van der Waals surface area contributed by atoms with Gasteiger partial charge in [0.25, 0.3) is 0 Å². The normalized spacial score (nSPS) is 10.4. The molecular weight excluding hydrogens is 253 g/mol. The number of hydrogen-bond donors (Lipinski definition) is 1. The SMILES string of the molecule is CNCCCCCOCCI. The summed E-state index contributed by atoms with van der Waals surface area (Å²) in [6.07, 6.45) is 3.75. The van der Waals surface area contributed by atoms with Gasteiger partial charge >= 0.3 is 0 Å². The highest BCUT2D eigenvalue weighted by atomic mass is 127. The van der Waals surface area contributed by atoms with Crippen LogP contribution in [0.5, 0.6) is 0 Å². The molecule has 0 saturated heterocycles. The smallest absolute Gasteiger partial charge is 0.0555 e. The van der Waals surface area contributed by atoms with Crippen LogP contribution in [0, 0.1) is 0 Å². The first kappa shape index (κ1) is 11.6. The van der Waals surface area contributed by atoms with Crippen LogP contribution in [0.4, 0.5) is 0 Å². The van der Waals surface area contributed by atoms with Crippen LogP contribution in [0.25, 0.3) is 0 Å². The van der Waals surface area contributed by atoms with Crippen LogP contribution < -0.4 is 5.32 Å². The molecule has 0 aliphatic heterocycles. The molecule has 1 N–H and O–H groups in total. The number of rotatable bonds is 8. The highest BCUT2D eigenvalue weighted by Gasteiger charge is 1.88. The van der Waals surface area contributed by atoms with Gasteiger partial charge < -0.3 is 10.1 Å². The molecule has 0 aromatic carbocycles. The Kier molecular flexibility index (Phi) is 11.3. The Hall–Kier alpha value is 0.650. The Morgan fingerprint density at radius 2 is 2.00 bits per heavy atom. The number of hydrogen-bond acceptors (Lipinski definition) is 2. The van der Waals surface area contributed by atoms with Gasteiger partial charge in [0.15, 0.2) is 0 Å². The summed E-state index contributed by atoms with van der Waals surface area (Å²) in [7, 11) is 1.99. The molecule has 0 rings (SSSR count). The molecule has 0 aromatic heterocycles. The van der Waals surface area contributed by atoms with Crippen molar-refractivity contribution in [1.29, 1.82) is 0 Å². The van der Waals surface area contributed by atoms with Crippen molar-refractivity contribution in [3.05, 3.63) is 0 Å². The summed E-state index contributed by atoms with van der Waals surface area (Å²) in [5.41, 5.74) is 0. The Morgan fingerprint density at radius 1 is 1.18 bits per heavy atom. The van der Waals surface area contributed by atoms with E-state index in [1.807, 2.05) is 7.05 Å². The molecule has 0 spiro atoms. The summed E-state index contributed by atoms with van der Waals surface area (Å²) in [4.78, 5) is 0. The van der Waals surface area contributed by atoms with Gasteiger partial charge in [-0.3, -0.25) is 0 Å². The van der Waals surface area contributed by atoms with E-state index in [0.717, 1.165) is 24.2 Å². The zero-order valence-electron chi connectivity index (χ0n) is 7.24. The highest BCUT2D eigenvalue weighted by molar-refractivity contribution is 14.1. The monoisotopic (exact) mass is 271 g/mol. The molecule has 0 aliphatic carbocycles. The number of halogens is 1. The lowest BCUT2D eigenvalue weighted by Gasteiger charge is -2.01. The van der Waals surface area contributed by atoms with Gasteiger partial charge in [0.05, 0.1) is 6.61 Å². The second-order valence-electron chi connectivity index (χ2n) is 2.47. The lowest BCUT2D eigenvalue weighted by molar-refractivity contribution is 0.147. The van der Waals surface area contributed by atoms with E-state index in [9.17, 15) is 0 Å². The van der Waals surface area contributed by atoms with Crippen LogP contribution in [0.3, 0.4) is 0 Å². The third-order valence-corrected chi connectivity index (χ3v) is 1.88. The summed E-state index contributed by atoms with van der Waals surface area (Å²) in [6.45, 7) is 2.98. The van der Waals surface area contributed by atoms with E-state index in [2.05, 4.69) is 27.9 Å². The minimum atomic E-state index is 0.909. The maximum atomic E-state index is 5.34. The lowest BCUT2D eigenvalue weighted by atomic mass is 10.2. The molecule has 3 heteroatoms. The zero-order chi connectivity index (χ0) is 8.36. The number of alkyl halides is 1. The first-order valence-electron chi connectivity index (χ1n) is 4.20. The highest BCUT2D eigenvalue weighted by Crippen LogP contribution is 1.94. The fourth-order valence-electron chi connectivity index (χ4n) is 0.839. The van der Waals surface area contributed by atoms with Crippen LogP contribution in [-0.2, 0) is 4.74 Å². The average molecular weight is 271 g/mol. The van der Waals surface area contributed by atoms with Crippen molar-refractivity contribution in [2.24, 2.45) is 0 Å². The summed E-state index contributed by atoms with van der Waals surface area (Å²) in [5.74, 6) is 0. The lowest BCUT2D eigenvalue weighted by Crippen LogP contribution is -2.07. The Labute approximate surface area is 83.2 Å². The second kappa shape index (κ2) is 10.7. The van der Waals surface area contributed by atoms with Crippen LogP contribution in [0.2, 0.25) is 0 Å². The van der Waals surface area contributed by atoms with Gasteiger partial charge in [-0.05, 0) is 32.9 Å². The third kappa shape index (κ3) is 10.7. The van der Waals surface area contributed by atoms with E-state index in [0.29, 0.717) is 0 Å². The Morgan fingerprint density at radius 3 is 2.64 bits per heavy atom. The van der Waals surface area contributed by atoms with Crippen LogP contribution in [0.15, 0.2) is 0 Å². The third-order valence-electron chi connectivity index (χ3n) is 1.44. The molecule has 68 valence electrons. The van der Waals surface area contributed by atoms with E-state index in [1.54, 1.807) is 0 Å². The molecular formula is C8H18INO. The van der Waals surface area contributed by atoms with Crippen molar-refractivity contribution in [3.63, 3.8) is 0 Å². The first-order chi connectivity index (χ1) is 5.41. The zero-order valence-corrected chi connectivity index (χ0v) is 9.39. The van der Waals surface area contributed by atoms with Crippen LogP contribution in [0.1, 0.15) is 19.3 Å². The van der Waals surface area contributed by atoms with Crippen molar-refractivity contribution >= 4 is 22.6 Å². The standard InChI is InChI=1S/C8H18INO/c1-10-6-3-2-4-7-11-8-5-9/h10H,2-8H2,1H3.